The number of hydrogen-bond acceptors (Lipinski definition) is 4. The molecular weight excluding hydrogens is 322 g/mol. The lowest BCUT2D eigenvalue weighted by Gasteiger charge is -2.35. The molecular formula is C19H27NO3S. The normalized spacial score (nSPS) is 17.6. The summed E-state index contributed by atoms with van der Waals surface area (Å²) >= 11 is 1.46. The first-order chi connectivity index (χ1) is 11.5. The summed E-state index contributed by atoms with van der Waals surface area (Å²) in [5.74, 6) is -0.166. The largest absolute Gasteiger partial charge is 0.455 e. The lowest BCUT2D eigenvalue weighted by atomic mass is 10.00. The van der Waals surface area contributed by atoms with Gasteiger partial charge in [-0.3, -0.25) is 9.59 Å². The molecule has 1 aliphatic rings. The summed E-state index contributed by atoms with van der Waals surface area (Å²) < 4.78 is 5.19. The maximum atomic E-state index is 12.3. The first-order valence-corrected chi connectivity index (χ1v) is 9.65. The van der Waals surface area contributed by atoms with Gasteiger partial charge in [0.05, 0.1) is 5.75 Å². The molecule has 0 radical (unpaired) electrons. The van der Waals surface area contributed by atoms with Crippen molar-refractivity contribution in [2.75, 3.05) is 18.9 Å². The van der Waals surface area contributed by atoms with Crippen molar-refractivity contribution in [3.05, 3.63) is 29.3 Å². The SMILES string of the molecule is CC[C@@H]1CCCCN1C(=O)COC(=O)CSc1cc(C)ccc1C. The van der Waals surface area contributed by atoms with Gasteiger partial charge in [0, 0.05) is 17.5 Å². The molecule has 1 amide bonds. The maximum Gasteiger partial charge on any atom is 0.316 e. The molecule has 2 rings (SSSR count). The fraction of sp³-hybridized carbons (Fsp3) is 0.579. The van der Waals surface area contributed by atoms with Gasteiger partial charge in [-0.2, -0.15) is 0 Å². The van der Waals surface area contributed by atoms with Crippen LogP contribution in [0.25, 0.3) is 0 Å². The second-order valence-corrected chi connectivity index (χ2v) is 7.38. The van der Waals surface area contributed by atoms with E-state index >= 15 is 0 Å². The van der Waals surface area contributed by atoms with Crippen LogP contribution >= 0.6 is 11.8 Å². The van der Waals surface area contributed by atoms with Gasteiger partial charge < -0.3 is 9.64 Å². The van der Waals surface area contributed by atoms with Gasteiger partial charge in [-0.1, -0.05) is 24.6 Å². The third-order valence-corrected chi connectivity index (χ3v) is 5.60. The molecule has 0 aromatic heterocycles. The molecule has 0 saturated carbocycles. The number of likely N-dealkylation sites (tertiary alicyclic amines) is 1. The van der Waals surface area contributed by atoms with Crippen molar-refractivity contribution in [2.45, 2.75) is 57.4 Å². The fourth-order valence-electron chi connectivity index (χ4n) is 3.02. The number of ether oxygens (including phenoxy) is 1. The number of benzene rings is 1. The standard InChI is InChI=1S/C19H27NO3S/c1-4-16-7-5-6-10-20(16)18(21)12-23-19(22)13-24-17-11-14(2)8-9-15(17)3/h8-9,11,16H,4-7,10,12-13H2,1-3H3/t16-/m1/s1. The zero-order valence-electron chi connectivity index (χ0n) is 14.8. The minimum Gasteiger partial charge on any atom is -0.455 e. The van der Waals surface area contributed by atoms with Crippen LogP contribution in [0.1, 0.15) is 43.7 Å². The van der Waals surface area contributed by atoms with E-state index in [-0.39, 0.29) is 24.2 Å². The van der Waals surface area contributed by atoms with Gasteiger partial charge in [-0.15, -0.1) is 11.8 Å². The van der Waals surface area contributed by atoms with Gasteiger partial charge >= 0.3 is 5.97 Å². The maximum absolute atomic E-state index is 12.3. The highest BCUT2D eigenvalue weighted by atomic mass is 32.2. The average Bonchev–Trinajstić information content (AvgIpc) is 2.60. The molecule has 0 aliphatic carbocycles. The van der Waals surface area contributed by atoms with Gasteiger partial charge in [0.1, 0.15) is 0 Å². The fourth-order valence-corrected chi connectivity index (χ4v) is 3.94. The van der Waals surface area contributed by atoms with Crippen LogP contribution in [-0.2, 0) is 14.3 Å². The molecule has 1 fully saturated rings. The number of hydrogen-bond donors (Lipinski definition) is 0. The third kappa shape index (κ3) is 5.26. The van der Waals surface area contributed by atoms with Crippen molar-refractivity contribution in [2.24, 2.45) is 0 Å². The van der Waals surface area contributed by atoms with Crippen LogP contribution in [0.2, 0.25) is 0 Å². The number of thioether (sulfide) groups is 1. The molecule has 0 spiro atoms. The van der Waals surface area contributed by atoms with E-state index in [1.807, 2.05) is 24.8 Å². The Morgan fingerprint density at radius 3 is 2.83 bits per heavy atom. The van der Waals surface area contributed by atoms with E-state index in [4.69, 9.17) is 4.74 Å². The summed E-state index contributed by atoms with van der Waals surface area (Å²) in [4.78, 5) is 27.2. The zero-order chi connectivity index (χ0) is 17.5. The number of carbonyl (C=O) groups is 2. The molecule has 1 atom stereocenters. The topological polar surface area (TPSA) is 46.6 Å². The number of amides is 1. The Morgan fingerprint density at radius 1 is 1.29 bits per heavy atom. The molecule has 0 bridgehead atoms. The van der Waals surface area contributed by atoms with E-state index < -0.39 is 0 Å². The molecule has 1 aromatic rings. The Hall–Kier alpha value is -1.49. The Bertz CT molecular complexity index is 588. The molecule has 24 heavy (non-hydrogen) atoms. The van der Waals surface area contributed by atoms with Gasteiger partial charge in [0.15, 0.2) is 6.61 Å². The summed E-state index contributed by atoms with van der Waals surface area (Å²) in [6.07, 6.45) is 4.23. The van der Waals surface area contributed by atoms with E-state index in [1.165, 1.54) is 23.7 Å². The van der Waals surface area contributed by atoms with Crippen LogP contribution in [0.3, 0.4) is 0 Å². The first-order valence-electron chi connectivity index (χ1n) is 8.66. The Morgan fingerprint density at radius 2 is 2.08 bits per heavy atom. The molecule has 132 valence electrons. The van der Waals surface area contributed by atoms with Crippen LogP contribution in [0.5, 0.6) is 0 Å². The monoisotopic (exact) mass is 349 g/mol. The minimum absolute atomic E-state index is 0.0633. The zero-order valence-corrected chi connectivity index (χ0v) is 15.7. The average molecular weight is 349 g/mol. The molecule has 5 heteroatoms. The van der Waals surface area contributed by atoms with Crippen molar-refractivity contribution in [3.63, 3.8) is 0 Å². The molecule has 1 aliphatic heterocycles. The van der Waals surface area contributed by atoms with Crippen molar-refractivity contribution in [1.82, 2.24) is 4.90 Å². The number of aryl methyl sites for hydroxylation is 2. The predicted octanol–water partition coefficient (Wildman–Crippen LogP) is 3.73. The minimum atomic E-state index is -0.334. The Kier molecular flexibility index (Phi) is 7.16. The summed E-state index contributed by atoms with van der Waals surface area (Å²) in [6.45, 7) is 6.80. The summed E-state index contributed by atoms with van der Waals surface area (Å²) in [6, 6.07) is 6.47. The molecule has 0 unspecified atom stereocenters. The second kappa shape index (κ2) is 9.11. The second-order valence-electron chi connectivity index (χ2n) is 6.36. The lowest BCUT2D eigenvalue weighted by molar-refractivity contribution is -0.151. The van der Waals surface area contributed by atoms with E-state index in [0.29, 0.717) is 6.04 Å². The van der Waals surface area contributed by atoms with Gasteiger partial charge in [-0.05, 0) is 51.2 Å². The highest BCUT2D eigenvalue weighted by Crippen LogP contribution is 2.24. The van der Waals surface area contributed by atoms with Crippen LogP contribution in [0, 0.1) is 13.8 Å². The van der Waals surface area contributed by atoms with E-state index in [0.717, 1.165) is 36.3 Å². The van der Waals surface area contributed by atoms with Crippen LogP contribution in [0.4, 0.5) is 0 Å². The third-order valence-electron chi connectivity index (χ3n) is 4.46. The summed E-state index contributed by atoms with van der Waals surface area (Å²) in [5.41, 5.74) is 2.32. The quantitative estimate of drug-likeness (QED) is 0.580. The van der Waals surface area contributed by atoms with Crippen molar-refractivity contribution in [1.29, 1.82) is 0 Å². The molecule has 4 nitrogen and oxygen atoms in total. The smallest absolute Gasteiger partial charge is 0.316 e. The van der Waals surface area contributed by atoms with Crippen LogP contribution in [-0.4, -0.2) is 41.7 Å². The summed E-state index contributed by atoms with van der Waals surface area (Å²) in [5, 5.41) is 0. The van der Waals surface area contributed by atoms with Crippen molar-refractivity contribution >= 4 is 23.6 Å². The van der Waals surface area contributed by atoms with Gasteiger partial charge in [-0.25, -0.2) is 0 Å². The van der Waals surface area contributed by atoms with E-state index in [2.05, 4.69) is 19.1 Å². The van der Waals surface area contributed by atoms with E-state index in [9.17, 15) is 9.59 Å². The Labute approximate surface area is 148 Å². The lowest BCUT2D eigenvalue weighted by Crippen LogP contribution is -2.45. The number of esters is 1. The molecule has 1 saturated heterocycles. The highest BCUT2D eigenvalue weighted by Gasteiger charge is 2.25. The number of piperidine rings is 1. The molecule has 1 aromatic carbocycles. The first kappa shape index (κ1) is 18.8. The van der Waals surface area contributed by atoms with Gasteiger partial charge in [0.25, 0.3) is 5.91 Å². The van der Waals surface area contributed by atoms with Crippen LogP contribution < -0.4 is 0 Å². The molecule has 1 heterocycles. The van der Waals surface area contributed by atoms with E-state index in [1.54, 1.807) is 0 Å². The Balaban J connectivity index is 1.78. The molecule has 0 N–H and O–H groups in total. The number of carbonyl (C=O) groups excluding carboxylic acids is 2. The highest BCUT2D eigenvalue weighted by molar-refractivity contribution is 8.00. The van der Waals surface area contributed by atoms with Crippen molar-refractivity contribution < 1.29 is 14.3 Å². The number of nitrogens with zero attached hydrogens (tertiary/aromatic N) is 1. The van der Waals surface area contributed by atoms with Crippen LogP contribution in [0.15, 0.2) is 23.1 Å². The number of rotatable bonds is 6. The summed E-state index contributed by atoms with van der Waals surface area (Å²) in [7, 11) is 0. The van der Waals surface area contributed by atoms with Crippen molar-refractivity contribution in [3.8, 4) is 0 Å². The van der Waals surface area contributed by atoms with Gasteiger partial charge in [0.2, 0.25) is 0 Å². The predicted molar refractivity (Wildman–Crippen MR) is 97.2 cm³/mol.